The lowest BCUT2D eigenvalue weighted by atomic mass is 10.1. The molecule has 1 aliphatic heterocycles. The number of rotatable bonds is 8. The Kier molecular flexibility index (Phi) is 8.32. The first-order valence-electron chi connectivity index (χ1n) is 10.7. The molecular weight excluding hydrogens is 437 g/mol. The standard InChI is InChI=1S/C24H27F3N2O4/c1-32-23(31)21(11-15-33-17-18-6-3-2-4-7-18)29-14-13-28(12-10-22(29)30)20-9-5-8-19(16-20)24(25,26)27/h2-9,16,21H,10-15,17H2,1H3/t21-/m0/s1. The smallest absolute Gasteiger partial charge is 0.416 e. The van der Waals surface area contributed by atoms with E-state index in [0.29, 0.717) is 18.8 Å². The molecule has 33 heavy (non-hydrogen) atoms. The van der Waals surface area contributed by atoms with Crippen LogP contribution in [0.3, 0.4) is 0 Å². The van der Waals surface area contributed by atoms with Crippen molar-refractivity contribution in [1.29, 1.82) is 0 Å². The Hall–Kier alpha value is -3.07. The van der Waals surface area contributed by atoms with Crippen molar-refractivity contribution in [2.24, 2.45) is 0 Å². The highest BCUT2D eigenvalue weighted by Gasteiger charge is 2.34. The molecule has 0 aliphatic carbocycles. The Morgan fingerprint density at radius 1 is 1.06 bits per heavy atom. The summed E-state index contributed by atoms with van der Waals surface area (Å²) < 4.78 is 49.8. The zero-order chi connectivity index (χ0) is 23.8. The molecule has 0 unspecified atom stereocenters. The summed E-state index contributed by atoms with van der Waals surface area (Å²) in [5.74, 6) is -0.790. The van der Waals surface area contributed by atoms with Crippen molar-refractivity contribution in [1.82, 2.24) is 4.90 Å². The molecule has 9 heteroatoms. The minimum Gasteiger partial charge on any atom is -0.467 e. The van der Waals surface area contributed by atoms with E-state index in [1.54, 1.807) is 11.0 Å². The van der Waals surface area contributed by atoms with Crippen molar-refractivity contribution >= 4 is 17.6 Å². The van der Waals surface area contributed by atoms with E-state index in [4.69, 9.17) is 9.47 Å². The molecule has 1 aliphatic rings. The van der Waals surface area contributed by atoms with Gasteiger partial charge in [-0.05, 0) is 23.8 Å². The zero-order valence-electron chi connectivity index (χ0n) is 18.4. The van der Waals surface area contributed by atoms with Crippen molar-refractivity contribution in [3.63, 3.8) is 0 Å². The van der Waals surface area contributed by atoms with E-state index in [2.05, 4.69) is 0 Å². The molecule has 0 spiro atoms. The number of amides is 1. The van der Waals surface area contributed by atoms with Crippen LogP contribution in [0.2, 0.25) is 0 Å². The molecule has 0 radical (unpaired) electrons. The Labute approximate surface area is 190 Å². The number of anilines is 1. The minimum atomic E-state index is -4.44. The Morgan fingerprint density at radius 2 is 1.82 bits per heavy atom. The topological polar surface area (TPSA) is 59.1 Å². The third-order valence-corrected chi connectivity index (χ3v) is 5.56. The van der Waals surface area contributed by atoms with Gasteiger partial charge in [0.25, 0.3) is 0 Å². The molecule has 1 amide bonds. The molecule has 6 nitrogen and oxygen atoms in total. The van der Waals surface area contributed by atoms with Crippen molar-refractivity contribution in [2.45, 2.75) is 31.7 Å². The van der Waals surface area contributed by atoms with Crippen LogP contribution in [0.15, 0.2) is 54.6 Å². The van der Waals surface area contributed by atoms with Crippen LogP contribution in [0.1, 0.15) is 24.0 Å². The van der Waals surface area contributed by atoms with E-state index in [9.17, 15) is 22.8 Å². The summed E-state index contributed by atoms with van der Waals surface area (Å²) in [5.41, 5.74) is 0.644. The van der Waals surface area contributed by atoms with Crippen molar-refractivity contribution in [2.75, 3.05) is 38.3 Å². The molecule has 1 saturated heterocycles. The summed E-state index contributed by atoms with van der Waals surface area (Å²) in [7, 11) is 1.26. The fourth-order valence-corrected chi connectivity index (χ4v) is 3.80. The number of benzene rings is 2. The van der Waals surface area contributed by atoms with Gasteiger partial charge in [0.2, 0.25) is 5.91 Å². The van der Waals surface area contributed by atoms with Crippen LogP contribution >= 0.6 is 0 Å². The quantitative estimate of drug-likeness (QED) is 0.438. The van der Waals surface area contributed by atoms with Gasteiger partial charge in [0.05, 0.1) is 19.3 Å². The van der Waals surface area contributed by atoms with Crippen LogP contribution in [0.4, 0.5) is 18.9 Å². The summed E-state index contributed by atoms with van der Waals surface area (Å²) in [4.78, 5) is 28.4. The monoisotopic (exact) mass is 464 g/mol. The van der Waals surface area contributed by atoms with Gasteiger partial charge in [-0.3, -0.25) is 4.79 Å². The summed E-state index contributed by atoms with van der Waals surface area (Å²) >= 11 is 0. The van der Waals surface area contributed by atoms with Crippen LogP contribution in [-0.4, -0.2) is 56.2 Å². The average Bonchev–Trinajstić information content (AvgIpc) is 3.00. The Bertz CT molecular complexity index is 937. The lowest BCUT2D eigenvalue weighted by Crippen LogP contribution is -2.47. The third kappa shape index (κ3) is 6.71. The molecule has 1 fully saturated rings. The average molecular weight is 464 g/mol. The summed E-state index contributed by atoms with van der Waals surface area (Å²) in [5, 5.41) is 0. The van der Waals surface area contributed by atoms with Gasteiger partial charge in [0, 0.05) is 44.8 Å². The van der Waals surface area contributed by atoms with Gasteiger partial charge in [0.1, 0.15) is 6.04 Å². The molecule has 178 valence electrons. The van der Waals surface area contributed by atoms with Crippen LogP contribution in [0, 0.1) is 0 Å². The SMILES string of the molecule is COC(=O)[C@H](CCOCc1ccccc1)N1CCN(c2cccc(C(F)(F)F)c2)CCC1=O. The maximum absolute atomic E-state index is 13.1. The largest absolute Gasteiger partial charge is 0.467 e. The maximum atomic E-state index is 13.1. The van der Waals surface area contributed by atoms with Crippen LogP contribution in [-0.2, 0) is 31.8 Å². The van der Waals surface area contributed by atoms with E-state index < -0.39 is 23.8 Å². The number of nitrogens with zero attached hydrogens (tertiary/aromatic N) is 2. The number of alkyl halides is 3. The second kappa shape index (κ2) is 11.2. The predicted octanol–water partition coefficient (Wildman–Crippen LogP) is 3.89. The summed E-state index contributed by atoms with van der Waals surface area (Å²) in [6.45, 7) is 1.37. The second-order valence-electron chi connectivity index (χ2n) is 7.74. The molecular formula is C24H27F3N2O4. The van der Waals surface area contributed by atoms with Crippen LogP contribution < -0.4 is 4.90 Å². The fraction of sp³-hybridized carbons (Fsp3) is 0.417. The van der Waals surface area contributed by atoms with Crippen LogP contribution in [0.5, 0.6) is 0 Å². The van der Waals surface area contributed by atoms with Gasteiger partial charge >= 0.3 is 12.1 Å². The number of halogens is 3. The second-order valence-corrected chi connectivity index (χ2v) is 7.74. The maximum Gasteiger partial charge on any atom is 0.416 e. The van der Waals surface area contributed by atoms with Gasteiger partial charge in [-0.1, -0.05) is 36.4 Å². The summed E-state index contributed by atoms with van der Waals surface area (Å²) in [6.07, 6.45) is -4.11. The lowest BCUT2D eigenvalue weighted by Gasteiger charge is -2.29. The highest BCUT2D eigenvalue weighted by atomic mass is 19.4. The zero-order valence-corrected chi connectivity index (χ0v) is 18.4. The number of esters is 1. The number of carbonyl (C=O) groups is 2. The first-order valence-corrected chi connectivity index (χ1v) is 10.7. The molecule has 2 aromatic carbocycles. The highest BCUT2D eigenvalue weighted by molar-refractivity contribution is 5.85. The van der Waals surface area contributed by atoms with Crippen molar-refractivity contribution in [3.05, 3.63) is 65.7 Å². The first-order chi connectivity index (χ1) is 15.8. The molecule has 2 aromatic rings. The highest BCUT2D eigenvalue weighted by Crippen LogP contribution is 2.32. The van der Waals surface area contributed by atoms with E-state index in [-0.39, 0.29) is 38.4 Å². The Balaban J connectivity index is 1.64. The lowest BCUT2D eigenvalue weighted by molar-refractivity contribution is -0.153. The molecule has 3 rings (SSSR count). The van der Waals surface area contributed by atoms with Gasteiger partial charge < -0.3 is 19.3 Å². The van der Waals surface area contributed by atoms with Crippen molar-refractivity contribution < 1.29 is 32.2 Å². The summed E-state index contributed by atoms with van der Waals surface area (Å²) in [6, 6.07) is 13.8. The molecule has 0 saturated carbocycles. The normalized spacial score (nSPS) is 15.8. The Morgan fingerprint density at radius 3 is 2.52 bits per heavy atom. The van der Waals surface area contributed by atoms with Crippen LogP contribution in [0.25, 0.3) is 0 Å². The third-order valence-electron chi connectivity index (χ3n) is 5.56. The molecule has 0 bridgehead atoms. The van der Waals surface area contributed by atoms with E-state index in [1.807, 2.05) is 30.3 Å². The minimum absolute atomic E-state index is 0.0780. The predicted molar refractivity (Wildman–Crippen MR) is 117 cm³/mol. The van der Waals surface area contributed by atoms with Gasteiger partial charge in [-0.15, -0.1) is 0 Å². The van der Waals surface area contributed by atoms with Gasteiger partial charge in [-0.25, -0.2) is 4.79 Å². The van der Waals surface area contributed by atoms with Gasteiger partial charge in [-0.2, -0.15) is 13.2 Å². The first kappa shape index (κ1) is 24.6. The van der Waals surface area contributed by atoms with Gasteiger partial charge in [0.15, 0.2) is 0 Å². The number of ether oxygens (including phenoxy) is 2. The number of hydrogen-bond donors (Lipinski definition) is 0. The van der Waals surface area contributed by atoms with E-state index in [0.717, 1.165) is 17.7 Å². The molecule has 1 atom stereocenters. The van der Waals surface area contributed by atoms with E-state index in [1.165, 1.54) is 18.1 Å². The fourth-order valence-electron chi connectivity index (χ4n) is 3.80. The molecule has 0 aromatic heterocycles. The molecule has 0 N–H and O–H groups in total. The van der Waals surface area contributed by atoms with Crippen molar-refractivity contribution in [3.8, 4) is 0 Å². The number of carbonyl (C=O) groups excluding carboxylic acids is 2. The number of hydrogen-bond acceptors (Lipinski definition) is 5. The van der Waals surface area contributed by atoms with E-state index >= 15 is 0 Å². The molecule has 1 heterocycles. The number of methoxy groups -OCH3 is 1.